The van der Waals surface area contributed by atoms with Crippen LogP contribution in [0.15, 0.2) is 58.7 Å². The fraction of sp³-hybridized carbons (Fsp3) is 0.111. The van der Waals surface area contributed by atoms with Gasteiger partial charge < -0.3 is 0 Å². The molecule has 26 heavy (non-hydrogen) atoms. The fourth-order valence-electron chi connectivity index (χ4n) is 2.34. The highest BCUT2D eigenvalue weighted by atomic mass is 32.2. The Hall–Kier alpha value is -3.00. The molecule has 3 rings (SSSR count). The number of aryl methyl sites for hydroxylation is 2. The molecule has 6 nitrogen and oxygen atoms in total. The first-order valence-electron chi connectivity index (χ1n) is 7.78. The van der Waals surface area contributed by atoms with Crippen LogP contribution in [0.4, 0.5) is 4.39 Å². The smallest absolute Gasteiger partial charge is 0.276 e. The maximum Gasteiger partial charge on any atom is 0.276 e. The molecule has 0 saturated carbocycles. The van der Waals surface area contributed by atoms with Gasteiger partial charge >= 0.3 is 0 Å². The largest absolute Gasteiger partial charge is 0.277 e. The standard InChI is InChI=1S/C18H17FN4O2S/c1-12-3-8-17(9-13(12)2)26(24,25)23-21-11-15-10-20-22-18(15)14-4-6-16(19)7-5-14/h3-11,23H,1-2H3,(H,20,22)/b21-11+. The van der Waals surface area contributed by atoms with Gasteiger partial charge in [0.15, 0.2) is 0 Å². The van der Waals surface area contributed by atoms with E-state index in [0.29, 0.717) is 16.8 Å². The van der Waals surface area contributed by atoms with Crippen LogP contribution < -0.4 is 4.83 Å². The van der Waals surface area contributed by atoms with Crippen LogP contribution in [0.2, 0.25) is 0 Å². The van der Waals surface area contributed by atoms with E-state index in [4.69, 9.17) is 0 Å². The van der Waals surface area contributed by atoms with Gasteiger partial charge in [-0.05, 0) is 61.4 Å². The second kappa shape index (κ2) is 7.09. The monoisotopic (exact) mass is 372 g/mol. The molecule has 1 heterocycles. The summed E-state index contributed by atoms with van der Waals surface area (Å²) in [6, 6.07) is 10.7. The molecule has 2 aromatic carbocycles. The number of hydrogen-bond donors (Lipinski definition) is 2. The molecule has 0 atom stereocenters. The van der Waals surface area contributed by atoms with Gasteiger partial charge in [0.2, 0.25) is 0 Å². The summed E-state index contributed by atoms with van der Waals surface area (Å²) in [6.45, 7) is 3.76. The van der Waals surface area contributed by atoms with Gasteiger partial charge in [-0.25, -0.2) is 9.22 Å². The second-order valence-corrected chi connectivity index (χ2v) is 7.47. The summed E-state index contributed by atoms with van der Waals surface area (Å²) in [6.07, 6.45) is 2.85. The molecule has 3 aromatic rings. The van der Waals surface area contributed by atoms with Crippen molar-refractivity contribution >= 4 is 16.2 Å². The number of nitrogens with one attached hydrogen (secondary N) is 2. The Morgan fingerprint density at radius 3 is 2.54 bits per heavy atom. The van der Waals surface area contributed by atoms with Gasteiger partial charge in [0, 0.05) is 11.1 Å². The third kappa shape index (κ3) is 3.80. The maximum atomic E-state index is 13.0. The van der Waals surface area contributed by atoms with Crippen molar-refractivity contribution in [1.82, 2.24) is 15.0 Å². The van der Waals surface area contributed by atoms with E-state index in [9.17, 15) is 12.8 Å². The molecule has 2 N–H and O–H groups in total. The van der Waals surface area contributed by atoms with Crippen molar-refractivity contribution in [3.8, 4) is 11.3 Å². The summed E-state index contributed by atoms with van der Waals surface area (Å²) in [7, 11) is -3.76. The Kier molecular flexibility index (Phi) is 4.85. The van der Waals surface area contributed by atoms with Gasteiger partial charge in [-0.1, -0.05) is 6.07 Å². The minimum Gasteiger partial charge on any atom is -0.277 e. The molecule has 0 bridgehead atoms. The first-order chi connectivity index (χ1) is 12.4. The number of sulfonamides is 1. The maximum absolute atomic E-state index is 13.0. The SMILES string of the molecule is Cc1ccc(S(=O)(=O)N/N=C/c2cn[nH]c2-c2ccc(F)cc2)cc1C. The molecule has 134 valence electrons. The second-order valence-electron chi connectivity index (χ2n) is 5.81. The number of halogens is 1. The van der Waals surface area contributed by atoms with Crippen LogP contribution in [0.1, 0.15) is 16.7 Å². The third-order valence-electron chi connectivity index (χ3n) is 3.97. The van der Waals surface area contributed by atoms with Crippen LogP contribution in [0.3, 0.4) is 0 Å². The summed E-state index contributed by atoms with van der Waals surface area (Å²) in [5, 5.41) is 10.5. The van der Waals surface area contributed by atoms with Crippen molar-refractivity contribution in [3.63, 3.8) is 0 Å². The number of aromatic nitrogens is 2. The molecule has 0 fully saturated rings. The highest BCUT2D eigenvalue weighted by Gasteiger charge is 2.13. The van der Waals surface area contributed by atoms with Gasteiger partial charge in [0.05, 0.1) is 23.0 Å². The number of aromatic amines is 1. The van der Waals surface area contributed by atoms with E-state index < -0.39 is 10.0 Å². The summed E-state index contributed by atoms with van der Waals surface area (Å²) in [5.74, 6) is -0.343. The fourth-order valence-corrected chi connectivity index (χ4v) is 3.22. The van der Waals surface area contributed by atoms with Crippen LogP contribution in [-0.2, 0) is 10.0 Å². The minimum atomic E-state index is -3.76. The van der Waals surface area contributed by atoms with Gasteiger partial charge in [-0.2, -0.15) is 18.6 Å². The van der Waals surface area contributed by atoms with E-state index in [0.717, 1.165) is 11.1 Å². The highest BCUT2D eigenvalue weighted by Crippen LogP contribution is 2.20. The molecule has 0 spiro atoms. The Bertz CT molecular complexity index is 1060. The minimum absolute atomic E-state index is 0.142. The molecule has 0 aliphatic carbocycles. The van der Waals surface area contributed by atoms with Crippen LogP contribution in [-0.4, -0.2) is 24.8 Å². The zero-order chi connectivity index (χ0) is 18.7. The van der Waals surface area contributed by atoms with Crippen LogP contribution in [0.25, 0.3) is 11.3 Å². The number of H-pyrrole nitrogens is 1. The summed E-state index contributed by atoms with van der Waals surface area (Å²) < 4.78 is 37.7. The van der Waals surface area contributed by atoms with E-state index in [1.807, 2.05) is 13.8 Å². The Morgan fingerprint density at radius 1 is 1.12 bits per heavy atom. The first-order valence-corrected chi connectivity index (χ1v) is 9.26. The lowest BCUT2D eigenvalue weighted by Gasteiger charge is -2.06. The summed E-state index contributed by atoms with van der Waals surface area (Å²) in [5.41, 5.74) is 3.78. The molecule has 0 aliphatic rings. The number of benzene rings is 2. The van der Waals surface area contributed by atoms with Gasteiger partial charge in [0.1, 0.15) is 5.82 Å². The predicted molar refractivity (Wildman–Crippen MR) is 97.8 cm³/mol. The van der Waals surface area contributed by atoms with E-state index in [1.54, 1.807) is 24.3 Å². The van der Waals surface area contributed by atoms with Crippen molar-refractivity contribution in [2.24, 2.45) is 5.10 Å². The topological polar surface area (TPSA) is 87.2 Å². The van der Waals surface area contributed by atoms with Crippen LogP contribution in [0.5, 0.6) is 0 Å². The lowest BCUT2D eigenvalue weighted by molar-refractivity contribution is 0.584. The number of rotatable bonds is 5. The number of hydrazone groups is 1. The third-order valence-corrected chi connectivity index (χ3v) is 5.19. The van der Waals surface area contributed by atoms with Crippen molar-refractivity contribution < 1.29 is 12.8 Å². The van der Waals surface area contributed by atoms with Gasteiger partial charge in [-0.3, -0.25) is 5.10 Å². The Labute approximate surface area is 150 Å². The molecule has 0 amide bonds. The van der Waals surface area contributed by atoms with E-state index in [1.165, 1.54) is 30.6 Å². The molecular weight excluding hydrogens is 355 g/mol. The lowest BCUT2D eigenvalue weighted by Crippen LogP contribution is -2.18. The molecule has 0 saturated heterocycles. The van der Waals surface area contributed by atoms with Crippen molar-refractivity contribution in [2.45, 2.75) is 18.7 Å². The van der Waals surface area contributed by atoms with Gasteiger partial charge in [0.25, 0.3) is 10.0 Å². The average molecular weight is 372 g/mol. The van der Waals surface area contributed by atoms with E-state index >= 15 is 0 Å². The Balaban J connectivity index is 1.80. The average Bonchev–Trinajstić information content (AvgIpc) is 3.06. The highest BCUT2D eigenvalue weighted by molar-refractivity contribution is 7.89. The quantitative estimate of drug-likeness (QED) is 0.533. The molecule has 8 heteroatoms. The molecule has 0 radical (unpaired) electrons. The summed E-state index contributed by atoms with van der Waals surface area (Å²) >= 11 is 0. The zero-order valence-corrected chi connectivity index (χ0v) is 15.0. The van der Waals surface area contributed by atoms with E-state index in [-0.39, 0.29) is 10.7 Å². The Morgan fingerprint density at radius 2 is 1.85 bits per heavy atom. The number of nitrogens with zero attached hydrogens (tertiary/aromatic N) is 2. The number of hydrogen-bond acceptors (Lipinski definition) is 4. The summed E-state index contributed by atoms with van der Waals surface area (Å²) in [4.78, 5) is 2.33. The van der Waals surface area contributed by atoms with Gasteiger partial charge in [-0.15, -0.1) is 0 Å². The molecule has 0 unspecified atom stereocenters. The molecular formula is C18H17FN4O2S. The van der Waals surface area contributed by atoms with Crippen LogP contribution in [0, 0.1) is 19.7 Å². The molecule has 1 aromatic heterocycles. The van der Waals surface area contributed by atoms with Crippen molar-refractivity contribution in [3.05, 3.63) is 71.2 Å². The van der Waals surface area contributed by atoms with Crippen molar-refractivity contribution in [2.75, 3.05) is 0 Å². The van der Waals surface area contributed by atoms with Crippen molar-refractivity contribution in [1.29, 1.82) is 0 Å². The first kappa shape index (κ1) is 17.8. The predicted octanol–water partition coefficient (Wildman–Crippen LogP) is 3.15. The zero-order valence-electron chi connectivity index (χ0n) is 14.2. The molecule has 0 aliphatic heterocycles. The van der Waals surface area contributed by atoms with E-state index in [2.05, 4.69) is 20.1 Å². The lowest BCUT2D eigenvalue weighted by atomic mass is 10.1. The normalized spacial score (nSPS) is 11.8. The van der Waals surface area contributed by atoms with Crippen LogP contribution >= 0.6 is 0 Å².